The van der Waals surface area contributed by atoms with Gasteiger partial charge in [0.05, 0.1) is 5.56 Å². The number of hydrogen-bond donors (Lipinski definition) is 3. The number of amides is 2. The molecule has 2 aromatic carbocycles. The summed E-state index contributed by atoms with van der Waals surface area (Å²) in [7, 11) is 0. The standard InChI is InChI=1S/C18H18N2O4/c1-2-4-16(21)19-15-6-3-5-13(11-15)17(22)20-14-9-7-12(8-10-14)18(23)24/h3,5-11H,2,4H2,1H3,(H,19,21)(H,20,22)(H,23,24). The summed E-state index contributed by atoms with van der Waals surface area (Å²) < 4.78 is 0. The molecule has 0 unspecified atom stereocenters. The lowest BCUT2D eigenvalue weighted by atomic mass is 10.1. The maximum absolute atomic E-state index is 12.3. The van der Waals surface area contributed by atoms with Crippen LogP contribution < -0.4 is 10.6 Å². The Labute approximate surface area is 139 Å². The molecule has 2 rings (SSSR count). The molecule has 2 aromatic rings. The van der Waals surface area contributed by atoms with E-state index in [2.05, 4.69) is 10.6 Å². The Morgan fingerprint density at radius 1 is 0.917 bits per heavy atom. The van der Waals surface area contributed by atoms with Crippen molar-refractivity contribution in [3.8, 4) is 0 Å². The van der Waals surface area contributed by atoms with E-state index in [-0.39, 0.29) is 17.4 Å². The topological polar surface area (TPSA) is 95.5 Å². The van der Waals surface area contributed by atoms with Crippen molar-refractivity contribution in [2.24, 2.45) is 0 Å². The van der Waals surface area contributed by atoms with E-state index < -0.39 is 5.97 Å². The zero-order valence-corrected chi connectivity index (χ0v) is 13.2. The monoisotopic (exact) mass is 326 g/mol. The Balaban J connectivity index is 2.06. The van der Waals surface area contributed by atoms with Gasteiger partial charge < -0.3 is 15.7 Å². The third-order valence-corrected chi connectivity index (χ3v) is 3.28. The molecule has 0 aromatic heterocycles. The summed E-state index contributed by atoms with van der Waals surface area (Å²) in [6.07, 6.45) is 1.17. The van der Waals surface area contributed by atoms with Crippen LogP contribution in [0.25, 0.3) is 0 Å². The van der Waals surface area contributed by atoms with Crippen LogP contribution in [-0.2, 0) is 4.79 Å². The van der Waals surface area contributed by atoms with Gasteiger partial charge in [0.1, 0.15) is 0 Å². The fourth-order valence-electron chi connectivity index (χ4n) is 2.09. The van der Waals surface area contributed by atoms with Gasteiger partial charge in [0.15, 0.2) is 0 Å². The number of rotatable bonds is 6. The molecule has 0 saturated carbocycles. The molecule has 2 amide bonds. The van der Waals surface area contributed by atoms with Gasteiger partial charge in [-0.15, -0.1) is 0 Å². The normalized spacial score (nSPS) is 10.0. The first-order chi connectivity index (χ1) is 11.5. The van der Waals surface area contributed by atoms with Gasteiger partial charge >= 0.3 is 5.97 Å². The number of aromatic carboxylic acids is 1. The van der Waals surface area contributed by atoms with Gasteiger partial charge in [-0.3, -0.25) is 9.59 Å². The fraction of sp³-hybridized carbons (Fsp3) is 0.167. The summed E-state index contributed by atoms with van der Waals surface area (Å²) in [6, 6.07) is 12.5. The van der Waals surface area contributed by atoms with Crippen LogP contribution in [0.2, 0.25) is 0 Å². The maximum atomic E-state index is 12.3. The van der Waals surface area contributed by atoms with Crippen LogP contribution in [0.5, 0.6) is 0 Å². The Morgan fingerprint density at radius 3 is 2.25 bits per heavy atom. The van der Waals surface area contributed by atoms with Crippen molar-refractivity contribution in [3.05, 3.63) is 59.7 Å². The first-order valence-electron chi connectivity index (χ1n) is 7.54. The molecule has 124 valence electrons. The first kappa shape index (κ1) is 17.2. The zero-order chi connectivity index (χ0) is 17.5. The lowest BCUT2D eigenvalue weighted by molar-refractivity contribution is -0.116. The molecule has 0 bridgehead atoms. The Kier molecular flexibility index (Phi) is 5.68. The van der Waals surface area contributed by atoms with E-state index in [9.17, 15) is 14.4 Å². The molecule has 0 heterocycles. The second-order valence-electron chi connectivity index (χ2n) is 5.22. The van der Waals surface area contributed by atoms with E-state index in [0.29, 0.717) is 23.4 Å². The van der Waals surface area contributed by atoms with Gasteiger partial charge in [0, 0.05) is 23.4 Å². The average Bonchev–Trinajstić information content (AvgIpc) is 2.55. The number of hydrogen-bond acceptors (Lipinski definition) is 3. The van der Waals surface area contributed by atoms with Crippen molar-refractivity contribution in [1.82, 2.24) is 0 Å². The molecule has 0 aliphatic rings. The number of carbonyl (C=O) groups excluding carboxylic acids is 2. The highest BCUT2D eigenvalue weighted by molar-refractivity contribution is 6.05. The Morgan fingerprint density at radius 2 is 1.62 bits per heavy atom. The summed E-state index contributed by atoms with van der Waals surface area (Å²) in [5.41, 5.74) is 1.59. The zero-order valence-electron chi connectivity index (χ0n) is 13.2. The minimum Gasteiger partial charge on any atom is -0.478 e. The molecule has 0 atom stereocenters. The van der Waals surface area contributed by atoms with Gasteiger partial charge in [0.25, 0.3) is 5.91 Å². The molecule has 0 radical (unpaired) electrons. The lowest BCUT2D eigenvalue weighted by Gasteiger charge is -2.08. The first-order valence-corrected chi connectivity index (χ1v) is 7.54. The van der Waals surface area contributed by atoms with Crippen molar-refractivity contribution in [2.75, 3.05) is 10.6 Å². The van der Waals surface area contributed by atoms with Gasteiger partial charge in [-0.1, -0.05) is 13.0 Å². The molecule has 0 fully saturated rings. The molecule has 6 nitrogen and oxygen atoms in total. The molecule has 24 heavy (non-hydrogen) atoms. The summed E-state index contributed by atoms with van der Waals surface area (Å²) in [6.45, 7) is 1.92. The van der Waals surface area contributed by atoms with E-state index in [1.54, 1.807) is 24.3 Å². The second kappa shape index (κ2) is 7.92. The van der Waals surface area contributed by atoms with Gasteiger partial charge in [-0.2, -0.15) is 0 Å². The third-order valence-electron chi connectivity index (χ3n) is 3.28. The van der Waals surface area contributed by atoms with E-state index in [4.69, 9.17) is 5.11 Å². The Bertz CT molecular complexity index is 754. The van der Waals surface area contributed by atoms with E-state index >= 15 is 0 Å². The number of carbonyl (C=O) groups is 3. The maximum Gasteiger partial charge on any atom is 0.335 e. The van der Waals surface area contributed by atoms with Crippen LogP contribution in [0, 0.1) is 0 Å². The molecule has 3 N–H and O–H groups in total. The van der Waals surface area contributed by atoms with Gasteiger partial charge in [-0.25, -0.2) is 4.79 Å². The molecule has 0 aliphatic carbocycles. The summed E-state index contributed by atoms with van der Waals surface area (Å²) in [4.78, 5) is 34.7. The van der Waals surface area contributed by atoms with Crippen molar-refractivity contribution in [2.45, 2.75) is 19.8 Å². The van der Waals surface area contributed by atoms with Gasteiger partial charge in [0.2, 0.25) is 5.91 Å². The minimum absolute atomic E-state index is 0.0979. The average molecular weight is 326 g/mol. The van der Waals surface area contributed by atoms with Crippen LogP contribution >= 0.6 is 0 Å². The highest BCUT2D eigenvalue weighted by atomic mass is 16.4. The SMILES string of the molecule is CCCC(=O)Nc1cccc(C(=O)Nc2ccc(C(=O)O)cc2)c1. The number of carboxylic acid groups (broad SMARTS) is 1. The van der Waals surface area contributed by atoms with Crippen LogP contribution in [0.1, 0.15) is 40.5 Å². The van der Waals surface area contributed by atoms with E-state index in [1.165, 1.54) is 24.3 Å². The lowest BCUT2D eigenvalue weighted by Crippen LogP contribution is -2.14. The smallest absolute Gasteiger partial charge is 0.335 e. The van der Waals surface area contributed by atoms with E-state index in [1.807, 2.05) is 6.92 Å². The predicted molar refractivity (Wildman–Crippen MR) is 91.3 cm³/mol. The number of carboxylic acids is 1. The molecule has 0 saturated heterocycles. The second-order valence-corrected chi connectivity index (χ2v) is 5.22. The number of benzene rings is 2. The largest absolute Gasteiger partial charge is 0.478 e. The predicted octanol–water partition coefficient (Wildman–Crippen LogP) is 3.38. The van der Waals surface area contributed by atoms with Crippen LogP contribution in [-0.4, -0.2) is 22.9 Å². The summed E-state index contributed by atoms with van der Waals surface area (Å²) in [5, 5.41) is 14.3. The van der Waals surface area contributed by atoms with Crippen molar-refractivity contribution < 1.29 is 19.5 Å². The molecule has 0 aliphatic heterocycles. The molecule has 6 heteroatoms. The quantitative estimate of drug-likeness (QED) is 0.758. The summed E-state index contributed by atoms with van der Waals surface area (Å²) in [5.74, 6) is -1.47. The van der Waals surface area contributed by atoms with E-state index in [0.717, 1.165) is 6.42 Å². The number of anilines is 2. The highest BCUT2D eigenvalue weighted by Gasteiger charge is 2.09. The highest BCUT2D eigenvalue weighted by Crippen LogP contribution is 2.15. The van der Waals surface area contributed by atoms with Crippen LogP contribution in [0.3, 0.4) is 0 Å². The molecular formula is C18H18N2O4. The van der Waals surface area contributed by atoms with Crippen molar-refractivity contribution in [1.29, 1.82) is 0 Å². The fourth-order valence-corrected chi connectivity index (χ4v) is 2.09. The van der Waals surface area contributed by atoms with Crippen LogP contribution in [0.4, 0.5) is 11.4 Å². The van der Waals surface area contributed by atoms with Crippen molar-refractivity contribution >= 4 is 29.2 Å². The van der Waals surface area contributed by atoms with Gasteiger partial charge in [-0.05, 0) is 48.9 Å². The molecule has 0 spiro atoms. The van der Waals surface area contributed by atoms with Crippen LogP contribution in [0.15, 0.2) is 48.5 Å². The summed E-state index contributed by atoms with van der Waals surface area (Å²) >= 11 is 0. The third kappa shape index (κ3) is 4.67. The molecular weight excluding hydrogens is 308 g/mol. The van der Waals surface area contributed by atoms with Crippen molar-refractivity contribution in [3.63, 3.8) is 0 Å². The number of nitrogens with one attached hydrogen (secondary N) is 2. The Hall–Kier alpha value is -3.15. The minimum atomic E-state index is -1.02.